The molecule has 1 amide bonds. The topological polar surface area (TPSA) is 71.2 Å². The van der Waals surface area contributed by atoms with Gasteiger partial charge in [-0.2, -0.15) is 0 Å². The molecular formula is C14H24N4O. The predicted molar refractivity (Wildman–Crippen MR) is 78.2 cm³/mol. The van der Waals surface area contributed by atoms with Crippen molar-refractivity contribution in [1.29, 1.82) is 0 Å². The van der Waals surface area contributed by atoms with Crippen molar-refractivity contribution in [1.82, 2.24) is 15.2 Å². The number of nitrogens with two attached hydrogens (primary N) is 1. The average molecular weight is 264 g/mol. The molecule has 0 aliphatic rings. The molecule has 19 heavy (non-hydrogen) atoms. The van der Waals surface area contributed by atoms with E-state index in [9.17, 15) is 4.79 Å². The van der Waals surface area contributed by atoms with Crippen LogP contribution in [-0.4, -0.2) is 42.5 Å². The van der Waals surface area contributed by atoms with E-state index in [1.807, 2.05) is 27.9 Å². The number of carbonyl (C=O) groups is 1. The summed E-state index contributed by atoms with van der Waals surface area (Å²) in [5.41, 5.74) is 7.15. The molecule has 1 rings (SSSR count). The van der Waals surface area contributed by atoms with Gasteiger partial charge in [0.05, 0.1) is 0 Å². The van der Waals surface area contributed by atoms with E-state index >= 15 is 0 Å². The molecule has 1 aromatic rings. The maximum absolute atomic E-state index is 12.1. The van der Waals surface area contributed by atoms with Crippen molar-refractivity contribution < 1.29 is 4.79 Å². The van der Waals surface area contributed by atoms with Crippen LogP contribution in [0.5, 0.6) is 0 Å². The second-order valence-corrected chi connectivity index (χ2v) is 5.38. The third-order valence-corrected chi connectivity index (χ3v) is 3.16. The largest absolute Gasteiger partial charge is 0.384 e. The van der Waals surface area contributed by atoms with Crippen LogP contribution < -0.4 is 11.1 Å². The molecule has 1 atom stereocenters. The fourth-order valence-corrected chi connectivity index (χ4v) is 1.53. The Bertz CT molecular complexity index is 443. The fourth-order valence-electron chi connectivity index (χ4n) is 1.53. The minimum Gasteiger partial charge on any atom is -0.384 e. The number of pyridine rings is 1. The molecule has 0 bridgehead atoms. The van der Waals surface area contributed by atoms with Gasteiger partial charge in [0.25, 0.3) is 5.91 Å². The van der Waals surface area contributed by atoms with Gasteiger partial charge in [0.1, 0.15) is 5.82 Å². The predicted octanol–water partition coefficient (Wildman–Crippen LogP) is 1.47. The Labute approximate surface area is 115 Å². The molecule has 3 N–H and O–H groups in total. The third kappa shape index (κ3) is 4.52. The van der Waals surface area contributed by atoms with Gasteiger partial charge in [-0.3, -0.25) is 4.79 Å². The van der Waals surface area contributed by atoms with Gasteiger partial charge < -0.3 is 16.0 Å². The van der Waals surface area contributed by atoms with Gasteiger partial charge in [-0.25, -0.2) is 4.98 Å². The SMILES string of the molecule is CC(C)c1cc(C(=O)NCC(C)N(C)C)cc(N)n1. The van der Waals surface area contributed by atoms with E-state index < -0.39 is 0 Å². The summed E-state index contributed by atoms with van der Waals surface area (Å²) in [5, 5.41) is 2.91. The Hall–Kier alpha value is -1.62. The quantitative estimate of drug-likeness (QED) is 0.844. The molecule has 0 saturated heterocycles. The van der Waals surface area contributed by atoms with E-state index in [0.29, 0.717) is 17.9 Å². The van der Waals surface area contributed by atoms with E-state index in [1.165, 1.54) is 0 Å². The number of nitrogens with zero attached hydrogens (tertiary/aromatic N) is 2. The summed E-state index contributed by atoms with van der Waals surface area (Å²) >= 11 is 0. The normalized spacial score (nSPS) is 12.8. The lowest BCUT2D eigenvalue weighted by atomic mass is 10.1. The summed E-state index contributed by atoms with van der Waals surface area (Å²) < 4.78 is 0. The summed E-state index contributed by atoms with van der Waals surface area (Å²) in [4.78, 5) is 18.4. The van der Waals surface area contributed by atoms with E-state index in [1.54, 1.807) is 12.1 Å². The Morgan fingerprint density at radius 3 is 2.53 bits per heavy atom. The van der Waals surface area contributed by atoms with Crippen LogP contribution in [-0.2, 0) is 0 Å². The lowest BCUT2D eigenvalue weighted by Gasteiger charge is -2.20. The third-order valence-electron chi connectivity index (χ3n) is 3.16. The first-order valence-electron chi connectivity index (χ1n) is 6.53. The molecule has 0 aliphatic heterocycles. The second-order valence-electron chi connectivity index (χ2n) is 5.38. The van der Waals surface area contributed by atoms with Gasteiger partial charge in [0, 0.05) is 23.8 Å². The molecule has 0 fully saturated rings. The van der Waals surface area contributed by atoms with E-state index in [0.717, 1.165) is 5.69 Å². The Morgan fingerprint density at radius 2 is 2.00 bits per heavy atom. The van der Waals surface area contributed by atoms with Crippen LogP contribution in [0.4, 0.5) is 5.82 Å². The molecule has 0 saturated carbocycles. The monoisotopic (exact) mass is 264 g/mol. The Morgan fingerprint density at radius 1 is 1.37 bits per heavy atom. The highest BCUT2D eigenvalue weighted by atomic mass is 16.1. The van der Waals surface area contributed by atoms with Crippen LogP contribution >= 0.6 is 0 Å². The summed E-state index contributed by atoms with van der Waals surface area (Å²) in [6.07, 6.45) is 0. The molecule has 5 nitrogen and oxygen atoms in total. The number of carbonyl (C=O) groups excluding carboxylic acids is 1. The maximum atomic E-state index is 12.1. The molecular weight excluding hydrogens is 240 g/mol. The van der Waals surface area contributed by atoms with Crippen LogP contribution in [0.25, 0.3) is 0 Å². The number of anilines is 1. The minimum absolute atomic E-state index is 0.107. The molecule has 106 valence electrons. The minimum atomic E-state index is -0.107. The van der Waals surface area contributed by atoms with E-state index in [2.05, 4.69) is 22.1 Å². The zero-order valence-corrected chi connectivity index (χ0v) is 12.4. The first kappa shape index (κ1) is 15.4. The van der Waals surface area contributed by atoms with Crippen molar-refractivity contribution in [3.8, 4) is 0 Å². The maximum Gasteiger partial charge on any atom is 0.251 e. The van der Waals surface area contributed by atoms with Gasteiger partial charge in [0.15, 0.2) is 0 Å². The van der Waals surface area contributed by atoms with Crippen molar-refractivity contribution in [3.05, 3.63) is 23.4 Å². The molecule has 0 radical (unpaired) electrons. The first-order chi connectivity index (χ1) is 8.81. The number of aromatic nitrogens is 1. The van der Waals surface area contributed by atoms with Crippen LogP contribution in [0, 0.1) is 0 Å². The molecule has 0 spiro atoms. The highest BCUT2D eigenvalue weighted by Gasteiger charge is 2.12. The zero-order chi connectivity index (χ0) is 14.6. The van der Waals surface area contributed by atoms with Gasteiger partial charge in [-0.05, 0) is 39.1 Å². The van der Waals surface area contributed by atoms with Crippen LogP contribution in [0.1, 0.15) is 42.7 Å². The van der Waals surface area contributed by atoms with Crippen LogP contribution in [0.15, 0.2) is 12.1 Å². The van der Waals surface area contributed by atoms with Crippen molar-refractivity contribution in [3.63, 3.8) is 0 Å². The zero-order valence-electron chi connectivity index (χ0n) is 12.4. The number of amides is 1. The van der Waals surface area contributed by atoms with Gasteiger partial charge in [-0.15, -0.1) is 0 Å². The summed E-state index contributed by atoms with van der Waals surface area (Å²) in [7, 11) is 3.97. The molecule has 0 aliphatic carbocycles. The summed E-state index contributed by atoms with van der Waals surface area (Å²) in [5.74, 6) is 0.525. The molecule has 0 aromatic carbocycles. The Balaban J connectivity index is 2.77. The molecule has 1 unspecified atom stereocenters. The fraction of sp³-hybridized carbons (Fsp3) is 0.571. The van der Waals surface area contributed by atoms with Gasteiger partial charge in [0.2, 0.25) is 0 Å². The number of nitrogen functional groups attached to an aromatic ring is 1. The smallest absolute Gasteiger partial charge is 0.251 e. The molecule has 5 heteroatoms. The number of likely N-dealkylation sites (N-methyl/N-ethyl adjacent to an activating group) is 1. The van der Waals surface area contributed by atoms with Gasteiger partial charge >= 0.3 is 0 Å². The van der Waals surface area contributed by atoms with Crippen molar-refractivity contribution in [2.75, 3.05) is 26.4 Å². The highest BCUT2D eigenvalue weighted by molar-refractivity contribution is 5.94. The number of hydrogen-bond acceptors (Lipinski definition) is 4. The lowest BCUT2D eigenvalue weighted by molar-refractivity contribution is 0.0943. The van der Waals surface area contributed by atoms with E-state index in [-0.39, 0.29) is 17.9 Å². The van der Waals surface area contributed by atoms with Crippen molar-refractivity contribution in [2.24, 2.45) is 0 Å². The summed E-state index contributed by atoms with van der Waals surface area (Å²) in [6.45, 7) is 6.71. The Kier molecular flexibility index (Phi) is 5.30. The standard InChI is InChI=1S/C14H24N4O/c1-9(2)12-6-11(7-13(15)17-12)14(19)16-8-10(3)18(4)5/h6-7,9-10H,8H2,1-5H3,(H2,15,17)(H,16,19). The first-order valence-corrected chi connectivity index (χ1v) is 6.53. The average Bonchev–Trinajstić information content (AvgIpc) is 2.34. The number of rotatable bonds is 5. The van der Waals surface area contributed by atoms with E-state index in [4.69, 9.17) is 5.73 Å². The van der Waals surface area contributed by atoms with Crippen molar-refractivity contribution in [2.45, 2.75) is 32.7 Å². The lowest BCUT2D eigenvalue weighted by Crippen LogP contribution is -2.38. The van der Waals surface area contributed by atoms with Crippen LogP contribution in [0.3, 0.4) is 0 Å². The highest BCUT2D eigenvalue weighted by Crippen LogP contribution is 2.15. The van der Waals surface area contributed by atoms with Crippen LogP contribution in [0.2, 0.25) is 0 Å². The second kappa shape index (κ2) is 6.52. The van der Waals surface area contributed by atoms with Gasteiger partial charge in [-0.1, -0.05) is 13.8 Å². The van der Waals surface area contributed by atoms with Crippen molar-refractivity contribution >= 4 is 11.7 Å². The number of hydrogen-bond donors (Lipinski definition) is 2. The number of nitrogens with one attached hydrogen (secondary N) is 1. The molecule has 1 heterocycles. The summed E-state index contributed by atoms with van der Waals surface area (Å²) in [6, 6.07) is 3.70. The molecule has 1 aromatic heterocycles.